The molecule has 2 atom stereocenters. The predicted octanol–water partition coefficient (Wildman–Crippen LogP) is 4.57. The number of aromatic nitrogens is 2. The SMILES string of the molecule is COc1cc(OC23CC4CC(C2)C(O)C(C4)C3)ccc1Nc1ncc(C(F)(F)F)cn1. The van der Waals surface area contributed by atoms with Crippen LogP contribution in [0.1, 0.15) is 37.7 Å². The second-order valence-electron chi connectivity index (χ2n) is 9.03. The van der Waals surface area contributed by atoms with Crippen molar-refractivity contribution in [1.29, 1.82) is 0 Å². The zero-order chi connectivity index (χ0) is 21.8. The average Bonchev–Trinajstić information content (AvgIpc) is 2.72. The predicted molar refractivity (Wildman–Crippen MR) is 106 cm³/mol. The van der Waals surface area contributed by atoms with Gasteiger partial charge in [-0.2, -0.15) is 13.2 Å². The van der Waals surface area contributed by atoms with Crippen molar-refractivity contribution in [3.63, 3.8) is 0 Å². The van der Waals surface area contributed by atoms with E-state index in [-0.39, 0.29) is 17.7 Å². The lowest BCUT2D eigenvalue weighted by Crippen LogP contribution is -2.59. The molecular weight excluding hydrogens is 411 g/mol. The van der Waals surface area contributed by atoms with E-state index in [9.17, 15) is 18.3 Å². The van der Waals surface area contributed by atoms with Crippen LogP contribution in [-0.2, 0) is 6.18 Å². The highest BCUT2D eigenvalue weighted by atomic mass is 19.4. The largest absolute Gasteiger partial charge is 0.494 e. The van der Waals surface area contributed by atoms with Gasteiger partial charge in [0.1, 0.15) is 17.1 Å². The van der Waals surface area contributed by atoms with E-state index in [1.807, 2.05) is 6.07 Å². The highest BCUT2D eigenvalue weighted by Gasteiger charge is 2.56. The molecule has 4 fully saturated rings. The van der Waals surface area contributed by atoms with Gasteiger partial charge in [-0.25, -0.2) is 9.97 Å². The fraction of sp³-hybridized carbons (Fsp3) is 0.545. The minimum absolute atomic E-state index is 0.0371. The molecule has 4 aliphatic carbocycles. The van der Waals surface area contributed by atoms with Gasteiger partial charge in [-0.3, -0.25) is 0 Å². The number of ether oxygens (including phenoxy) is 2. The Labute approximate surface area is 177 Å². The number of benzene rings is 1. The minimum Gasteiger partial charge on any atom is -0.494 e. The average molecular weight is 435 g/mol. The lowest BCUT2D eigenvalue weighted by molar-refractivity contribution is -0.163. The molecule has 6 rings (SSSR count). The van der Waals surface area contributed by atoms with Gasteiger partial charge in [-0.15, -0.1) is 0 Å². The number of methoxy groups -OCH3 is 1. The summed E-state index contributed by atoms with van der Waals surface area (Å²) in [6, 6.07) is 5.32. The Morgan fingerprint density at radius 1 is 1.10 bits per heavy atom. The normalized spacial score (nSPS) is 31.5. The van der Waals surface area contributed by atoms with Crippen molar-refractivity contribution in [2.24, 2.45) is 17.8 Å². The Balaban J connectivity index is 1.33. The molecule has 0 spiro atoms. The van der Waals surface area contributed by atoms with Crippen LogP contribution in [0.5, 0.6) is 11.5 Å². The number of hydrogen-bond acceptors (Lipinski definition) is 6. The third-order valence-corrected chi connectivity index (χ3v) is 6.90. The van der Waals surface area contributed by atoms with Gasteiger partial charge < -0.3 is 19.9 Å². The molecule has 0 amide bonds. The summed E-state index contributed by atoms with van der Waals surface area (Å²) in [5.74, 6) is 2.42. The van der Waals surface area contributed by atoms with Crippen LogP contribution in [0.3, 0.4) is 0 Å². The first-order valence-corrected chi connectivity index (χ1v) is 10.5. The lowest BCUT2D eigenvalue weighted by Gasteiger charge is -2.58. The third kappa shape index (κ3) is 3.79. The van der Waals surface area contributed by atoms with Gasteiger partial charge in [-0.1, -0.05) is 0 Å². The van der Waals surface area contributed by atoms with Crippen LogP contribution < -0.4 is 14.8 Å². The summed E-state index contributed by atoms with van der Waals surface area (Å²) < 4.78 is 50.0. The quantitative estimate of drug-likeness (QED) is 0.717. The molecule has 6 nitrogen and oxygen atoms in total. The molecule has 2 aromatic rings. The molecule has 4 aliphatic rings. The van der Waals surface area contributed by atoms with Crippen LogP contribution in [0.25, 0.3) is 0 Å². The molecule has 1 aromatic carbocycles. The van der Waals surface area contributed by atoms with Crippen molar-refractivity contribution < 1.29 is 27.8 Å². The second kappa shape index (κ2) is 7.25. The van der Waals surface area contributed by atoms with Crippen molar-refractivity contribution in [2.75, 3.05) is 12.4 Å². The molecule has 0 aliphatic heterocycles. The van der Waals surface area contributed by atoms with Crippen molar-refractivity contribution in [3.05, 3.63) is 36.2 Å². The van der Waals surface area contributed by atoms with E-state index >= 15 is 0 Å². The van der Waals surface area contributed by atoms with Crippen LogP contribution in [0.4, 0.5) is 24.8 Å². The Morgan fingerprint density at radius 3 is 2.39 bits per heavy atom. The monoisotopic (exact) mass is 435 g/mol. The van der Waals surface area contributed by atoms with E-state index in [4.69, 9.17) is 9.47 Å². The Hall–Kier alpha value is -2.55. The van der Waals surface area contributed by atoms with Crippen molar-refractivity contribution in [3.8, 4) is 11.5 Å². The van der Waals surface area contributed by atoms with E-state index in [2.05, 4.69) is 15.3 Å². The molecule has 9 heteroatoms. The standard InChI is InChI=1S/C22H24F3N3O3/c1-30-18-6-16(31-21-7-12-4-13(8-21)19(29)14(5-12)9-21)2-3-17(18)28-20-26-10-15(11-27-20)22(23,24)25/h2-3,6,10-14,19,29H,4-5,7-9H2,1H3,(H,26,27,28). The number of aliphatic hydroxyl groups excluding tert-OH is 1. The van der Waals surface area contributed by atoms with E-state index in [0.717, 1.165) is 44.5 Å². The Kier molecular flexibility index (Phi) is 4.76. The van der Waals surface area contributed by atoms with Gasteiger partial charge in [0, 0.05) is 18.5 Å². The molecule has 4 bridgehead atoms. The maximum Gasteiger partial charge on any atom is 0.419 e. The third-order valence-electron chi connectivity index (χ3n) is 6.90. The molecule has 166 valence electrons. The number of aliphatic hydroxyl groups is 1. The lowest BCUT2D eigenvalue weighted by atomic mass is 9.53. The van der Waals surface area contributed by atoms with Gasteiger partial charge in [0.25, 0.3) is 0 Å². The van der Waals surface area contributed by atoms with Crippen molar-refractivity contribution in [2.45, 2.75) is 50.0 Å². The van der Waals surface area contributed by atoms with Gasteiger partial charge in [0.15, 0.2) is 0 Å². The summed E-state index contributed by atoms with van der Waals surface area (Å²) in [6.07, 6.45) is 1.69. The zero-order valence-electron chi connectivity index (χ0n) is 17.0. The topological polar surface area (TPSA) is 76.5 Å². The zero-order valence-corrected chi connectivity index (χ0v) is 17.0. The van der Waals surface area contributed by atoms with E-state index in [1.54, 1.807) is 12.1 Å². The molecule has 31 heavy (non-hydrogen) atoms. The van der Waals surface area contributed by atoms with Gasteiger partial charge in [-0.05, 0) is 62.0 Å². The number of anilines is 2. The van der Waals surface area contributed by atoms with Crippen LogP contribution in [0.2, 0.25) is 0 Å². The summed E-state index contributed by atoms with van der Waals surface area (Å²) in [6.45, 7) is 0. The summed E-state index contributed by atoms with van der Waals surface area (Å²) in [7, 11) is 1.51. The van der Waals surface area contributed by atoms with Crippen LogP contribution >= 0.6 is 0 Å². The molecule has 0 radical (unpaired) electrons. The van der Waals surface area contributed by atoms with Crippen molar-refractivity contribution >= 4 is 11.6 Å². The molecule has 2 unspecified atom stereocenters. The van der Waals surface area contributed by atoms with E-state index in [0.29, 0.717) is 34.9 Å². The minimum atomic E-state index is -4.48. The van der Waals surface area contributed by atoms with Gasteiger partial charge >= 0.3 is 6.18 Å². The fourth-order valence-corrected chi connectivity index (χ4v) is 5.80. The van der Waals surface area contributed by atoms with Crippen molar-refractivity contribution in [1.82, 2.24) is 9.97 Å². The number of rotatable bonds is 5. The number of nitrogens with one attached hydrogen (secondary N) is 1. The number of nitrogens with zero attached hydrogens (tertiary/aromatic N) is 2. The summed E-state index contributed by atoms with van der Waals surface area (Å²) in [5.41, 5.74) is -0.628. The summed E-state index contributed by atoms with van der Waals surface area (Å²) in [4.78, 5) is 7.48. The number of hydrogen-bond donors (Lipinski definition) is 2. The first-order chi connectivity index (χ1) is 14.7. The van der Waals surface area contributed by atoms with E-state index < -0.39 is 11.7 Å². The molecule has 2 N–H and O–H groups in total. The fourth-order valence-electron chi connectivity index (χ4n) is 5.80. The summed E-state index contributed by atoms with van der Waals surface area (Å²) in [5, 5.41) is 13.4. The molecular formula is C22H24F3N3O3. The summed E-state index contributed by atoms with van der Waals surface area (Å²) >= 11 is 0. The molecule has 0 saturated heterocycles. The first-order valence-electron chi connectivity index (χ1n) is 10.5. The first kappa shape index (κ1) is 20.4. The number of halogens is 3. The molecule has 4 saturated carbocycles. The van der Waals surface area contributed by atoms with Crippen LogP contribution in [-0.4, -0.2) is 33.9 Å². The molecule has 1 heterocycles. The number of alkyl halides is 3. The maximum absolute atomic E-state index is 12.7. The van der Waals surface area contributed by atoms with Crippen LogP contribution in [0, 0.1) is 17.8 Å². The van der Waals surface area contributed by atoms with Crippen LogP contribution in [0.15, 0.2) is 30.6 Å². The smallest absolute Gasteiger partial charge is 0.419 e. The molecule has 1 aromatic heterocycles. The van der Waals surface area contributed by atoms with E-state index in [1.165, 1.54) is 7.11 Å². The highest BCUT2D eigenvalue weighted by molar-refractivity contribution is 5.64. The highest BCUT2D eigenvalue weighted by Crippen LogP contribution is 2.57. The van der Waals surface area contributed by atoms with Gasteiger partial charge in [0.05, 0.1) is 24.5 Å². The Bertz CT molecular complexity index is 951. The second-order valence-corrected chi connectivity index (χ2v) is 9.03. The Morgan fingerprint density at radius 2 is 1.77 bits per heavy atom. The maximum atomic E-state index is 12.7. The van der Waals surface area contributed by atoms with Gasteiger partial charge in [0.2, 0.25) is 5.95 Å².